The van der Waals surface area contributed by atoms with Crippen LogP contribution in [0, 0.1) is 0 Å². The van der Waals surface area contributed by atoms with Crippen molar-refractivity contribution in [3.05, 3.63) is 23.8 Å². The molecule has 3 nitrogen and oxygen atoms in total. The summed E-state index contributed by atoms with van der Waals surface area (Å²) in [5, 5.41) is 9.61. The topological polar surface area (TPSA) is 38.7 Å². The van der Waals surface area contributed by atoms with Gasteiger partial charge in [0.15, 0.2) is 8.32 Å². The lowest BCUT2D eigenvalue weighted by molar-refractivity contribution is -0.0255. The van der Waals surface area contributed by atoms with Gasteiger partial charge in [0.2, 0.25) is 0 Å². The second-order valence-electron chi connectivity index (χ2n) is 7.41. The van der Waals surface area contributed by atoms with Crippen LogP contribution in [0.5, 0.6) is 0 Å². The van der Waals surface area contributed by atoms with Crippen LogP contribution in [0.1, 0.15) is 60.8 Å². The summed E-state index contributed by atoms with van der Waals surface area (Å²) < 4.78 is 13.0. The Balaban J connectivity index is 2.86. The summed E-state index contributed by atoms with van der Waals surface area (Å²) in [6.45, 7) is 12.8. The molecule has 0 saturated carbocycles. The second-order valence-corrected chi connectivity index (χ2v) is 12.1. The first kappa shape index (κ1) is 21.6. The fourth-order valence-corrected chi connectivity index (χ4v) is 6.22. The number of rotatable bonds is 10. The van der Waals surface area contributed by atoms with Gasteiger partial charge in [0, 0.05) is 0 Å². The van der Waals surface area contributed by atoms with E-state index in [-0.39, 0.29) is 24.4 Å². The van der Waals surface area contributed by atoms with Gasteiger partial charge in [-0.15, -0.1) is 0 Å². The molecule has 1 heterocycles. The molecule has 0 spiro atoms. The third-order valence-electron chi connectivity index (χ3n) is 5.16. The molecule has 0 bridgehead atoms. The Hall–Kier alpha value is -0.423. The maximum absolute atomic E-state index is 9.61. The number of allylic oxidation sites excluding steroid dienone is 3. The Morgan fingerprint density at radius 1 is 1.21 bits per heavy atom. The maximum atomic E-state index is 9.61. The lowest BCUT2D eigenvalue weighted by Gasteiger charge is -2.34. The molecule has 1 aliphatic rings. The van der Waals surface area contributed by atoms with Gasteiger partial charge in [0.05, 0.1) is 24.4 Å². The Morgan fingerprint density at radius 3 is 2.33 bits per heavy atom. The molecule has 0 amide bonds. The number of ether oxygens (including phenoxy) is 1. The highest BCUT2D eigenvalue weighted by atomic mass is 28.4. The minimum Gasteiger partial charge on any atom is -0.408 e. The van der Waals surface area contributed by atoms with Crippen LogP contribution in [0.15, 0.2) is 23.8 Å². The van der Waals surface area contributed by atoms with E-state index in [0.29, 0.717) is 0 Å². The van der Waals surface area contributed by atoms with E-state index in [4.69, 9.17) is 9.16 Å². The van der Waals surface area contributed by atoms with Gasteiger partial charge in [-0.3, -0.25) is 0 Å². The van der Waals surface area contributed by atoms with E-state index in [2.05, 4.69) is 52.8 Å². The van der Waals surface area contributed by atoms with Crippen LogP contribution in [0.4, 0.5) is 0 Å². The standard InChI is InChI=1S/C20H38O3Si/c1-7-24(8-2,9-3)23-20(12-10-11-16(4)5)19-14-13-18(22-19)15-17(6)21/h10-12,17-21H,7-9,13-15H2,1-6H3/b12-10+/t17?,18-,19-,20-/m1/s1. The van der Waals surface area contributed by atoms with E-state index in [1.807, 2.05) is 6.92 Å². The largest absolute Gasteiger partial charge is 0.408 e. The highest BCUT2D eigenvalue weighted by Crippen LogP contribution is 2.31. The summed E-state index contributed by atoms with van der Waals surface area (Å²) in [6.07, 6.45) is 9.20. The highest BCUT2D eigenvalue weighted by molar-refractivity contribution is 6.73. The Morgan fingerprint density at radius 2 is 1.83 bits per heavy atom. The second kappa shape index (κ2) is 10.5. The van der Waals surface area contributed by atoms with Crippen molar-refractivity contribution >= 4 is 8.32 Å². The molecule has 0 radical (unpaired) electrons. The quantitative estimate of drug-likeness (QED) is 0.432. The molecule has 1 fully saturated rings. The van der Waals surface area contributed by atoms with Crippen LogP contribution >= 0.6 is 0 Å². The van der Waals surface area contributed by atoms with Crippen molar-refractivity contribution < 1.29 is 14.3 Å². The van der Waals surface area contributed by atoms with Crippen LogP contribution in [0.2, 0.25) is 18.1 Å². The molecule has 0 aromatic heterocycles. The molecule has 1 saturated heterocycles. The van der Waals surface area contributed by atoms with Gasteiger partial charge >= 0.3 is 0 Å². The first-order valence-electron chi connectivity index (χ1n) is 9.68. The predicted octanol–water partition coefficient (Wildman–Crippen LogP) is 5.22. The summed E-state index contributed by atoms with van der Waals surface area (Å²) in [4.78, 5) is 0. The van der Waals surface area contributed by atoms with Gasteiger partial charge in [-0.1, -0.05) is 44.6 Å². The molecule has 0 aliphatic carbocycles. The molecule has 140 valence electrons. The third kappa shape index (κ3) is 6.83. The molecule has 1 unspecified atom stereocenters. The number of aliphatic hydroxyl groups is 1. The van der Waals surface area contributed by atoms with Crippen molar-refractivity contribution in [2.24, 2.45) is 0 Å². The van der Waals surface area contributed by atoms with E-state index < -0.39 is 8.32 Å². The molecule has 1 rings (SSSR count). The van der Waals surface area contributed by atoms with Gasteiger partial charge in [-0.2, -0.15) is 0 Å². The number of hydrogen-bond acceptors (Lipinski definition) is 3. The van der Waals surface area contributed by atoms with E-state index in [9.17, 15) is 5.11 Å². The Kier molecular flexibility index (Phi) is 9.50. The first-order valence-corrected chi connectivity index (χ1v) is 12.2. The summed E-state index contributed by atoms with van der Waals surface area (Å²) in [7, 11) is -1.68. The van der Waals surface area contributed by atoms with Crippen LogP contribution < -0.4 is 0 Å². The van der Waals surface area contributed by atoms with Crippen molar-refractivity contribution in [3.8, 4) is 0 Å². The number of hydrogen-bond donors (Lipinski definition) is 1. The molecule has 1 aliphatic heterocycles. The molecule has 1 N–H and O–H groups in total. The summed E-state index contributed by atoms with van der Waals surface area (Å²) >= 11 is 0. The lowest BCUT2D eigenvalue weighted by Crippen LogP contribution is -2.43. The molecular weight excluding hydrogens is 316 g/mol. The summed E-state index contributed by atoms with van der Waals surface area (Å²) in [5.41, 5.74) is 1.29. The molecule has 24 heavy (non-hydrogen) atoms. The SMILES string of the molecule is CC[Si](CC)(CC)O[C@H](/C=C/C=C(C)C)[C@H]1CC[C@H](CC(C)O)O1. The normalized spacial score (nSPS) is 24.3. The average molecular weight is 355 g/mol. The average Bonchev–Trinajstić information content (AvgIpc) is 2.98. The molecule has 4 atom stereocenters. The molecule has 0 aromatic rings. The zero-order valence-electron chi connectivity index (χ0n) is 16.5. The lowest BCUT2D eigenvalue weighted by atomic mass is 10.1. The summed E-state index contributed by atoms with van der Waals surface area (Å²) in [6, 6.07) is 3.45. The van der Waals surface area contributed by atoms with Crippen molar-refractivity contribution in [1.29, 1.82) is 0 Å². The monoisotopic (exact) mass is 354 g/mol. The zero-order valence-corrected chi connectivity index (χ0v) is 17.5. The smallest absolute Gasteiger partial charge is 0.193 e. The maximum Gasteiger partial charge on any atom is 0.193 e. The first-order chi connectivity index (χ1) is 11.4. The van der Waals surface area contributed by atoms with Crippen LogP contribution in [-0.4, -0.2) is 37.8 Å². The molecule has 4 heteroatoms. The predicted molar refractivity (Wildman–Crippen MR) is 105 cm³/mol. The van der Waals surface area contributed by atoms with Crippen molar-refractivity contribution in [3.63, 3.8) is 0 Å². The van der Waals surface area contributed by atoms with Crippen LogP contribution in [-0.2, 0) is 9.16 Å². The van der Waals surface area contributed by atoms with Gasteiger partial charge in [-0.25, -0.2) is 0 Å². The van der Waals surface area contributed by atoms with Gasteiger partial charge < -0.3 is 14.3 Å². The van der Waals surface area contributed by atoms with Gasteiger partial charge in [-0.05, 0) is 58.2 Å². The third-order valence-corrected chi connectivity index (χ3v) is 9.80. The van der Waals surface area contributed by atoms with Crippen molar-refractivity contribution in [2.75, 3.05) is 0 Å². The molecular formula is C20H38O3Si. The Labute approximate surface area is 150 Å². The van der Waals surface area contributed by atoms with Gasteiger partial charge in [0.1, 0.15) is 0 Å². The van der Waals surface area contributed by atoms with Crippen molar-refractivity contribution in [2.45, 2.75) is 103 Å². The van der Waals surface area contributed by atoms with E-state index in [1.165, 1.54) is 5.57 Å². The van der Waals surface area contributed by atoms with E-state index >= 15 is 0 Å². The fraction of sp³-hybridized carbons (Fsp3) is 0.800. The minimum atomic E-state index is -1.68. The minimum absolute atomic E-state index is 0.0334. The van der Waals surface area contributed by atoms with E-state index in [1.54, 1.807) is 0 Å². The van der Waals surface area contributed by atoms with Gasteiger partial charge in [0.25, 0.3) is 0 Å². The summed E-state index contributed by atoms with van der Waals surface area (Å²) in [5.74, 6) is 0. The molecule has 0 aromatic carbocycles. The fourth-order valence-electron chi connectivity index (χ4n) is 3.41. The van der Waals surface area contributed by atoms with Crippen molar-refractivity contribution in [1.82, 2.24) is 0 Å². The van der Waals surface area contributed by atoms with Crippen LogP contribution in [0.25, 0.3) is 0 Å². The zero-order chi connectivity index (χ0) is 18.2. The Bertz CT molecular complexity index is 401. The van der Waals surface area contributed by atoms with Crippen LogP contribution in [0.3, 0.4) is 0 Å². The highest BCUT2D eigenvalue weighted by Gasteiger charge is 2.37. The number of aliphatic hydroxyl groups excluding tert-OH is 1. The van der Waals surface area contributed by atoms with E-state index in [0.717, 1.165) is 37.4 Å².